The van der Waals surface area contributed by atoms with E-state index in [9.17, 15) is 9.59 Å². The lowest BCUT2D eigenvalue weighted by molar-refractivity contribution is -0.118. The second kappa shape index (κ2) is 6.74. The molecule has 2 N–H and O–H groups in total. The second-order valence-corrected chi connectivity index (χ2v) is 7.30. The molecular formula is C21H21N3O4. The minimum absolute atomic E-state index is 0.0186. The smallest absolute Gasteiger partial charge is 0.251 e. The second-order valence-electron chi connectivity index (χ2n) is 7.30. The van der Waals surface area contributed by atoms with E-state index in [4.69, 9.17) is 9.47 Å². The van der Waals surface area contributed by atoms with E-state index < -0.39 is 0 Å². The van der Waals surface area contributed by atoms with E-state index in [0.29, 0.717) is 23.5 Å². The first-order valence-electron chi connectivity index (χ1n) is 9.57. The molecule has 2 aromatic carbocycles. The van der Waals surface area contributed by atoms with E-state index in [1.54, 1.807) is 6.07 Å². The summed E-state index contributed by atoms with van der Waals surface area (Å²) in [5, 5.41) is 5.88. The van der Waals surface area contributed by atoms with Gasteiger partial charge >= 0.3 is 0 Å². The fraction of sp³-hybridized carbons (Fsp3) is 0.333. The highest BCUT2D eigenvalue weighted by Crippen LogP contribution is 2.36. The molecule has 1 atom stereocenters. The van der Waals surface area contributed by atoms with Crippen LogP contribution in [0.25, 0.3) is 0 Å². The highest BCUT2D eigenvalue weighted by Gasteiger charge is 2.34. The standard InChI is InChI=1S/C21H21N3O4/c25-20(22-11-13-4-7-18-19(9-13)28-12-27-18)14-5-6-16-15(10-14)23-21(26)17-3-1-2-8-24(16)17/h4-7,9-10,17H,1-3,8,11-12H2,(H,22,25)(H,23,26)/t17-/m0/s1. The van der Waals surface area contributed by atoms with Crippen LogP contribution in [0.4, 0.5) is 11.4 Å². The van der Waals surface area contributed by atoms with Gasteiger partial charge in [0.1, 0.15) is 6.04 Å². The molecule has 0 aliphatic carbocycles. The van der Waals surface area contributed by atoms with Crippen LogP contribution in [0.2, 0.25) is 0 Å². The lowest BCUT2D eigenvalue weighted by atomic mass is 9.97. The van der Waals surface area contributed by atoms with Gasteiger partial charge < -0.3 is 25.0 Å². The van der Waals surface area contributed by atoms with Crippen LogP contribution in [0.3, 0.4) is 0 Å². The number of carbonyl (C=O) groups is 2. The maximum Gasteiger partial charge on any atom is 0.251 e. The summed E-state index contributed by atoms with van der Waals surface area (Å²) >= 11 is 0. The van der Waals surface area contributed by atoms with Gasteiger partial charge in [-0.1, -0.05) is 6.07 Å². The Morgan fingerprint density at radius 3 is 2.96 bits per heavy atom. The van der Waals surface area contributed by atoms with Gasteiger partial charge in [0.25, 0.3) is 5.91 Å². The number of anilines is 2. The predicted molar refractivity (Wildman–Crippen MR) is 104 cm³/mol. The van der Waals surface area contributed by atoms with Gasteiger partial charge in [-0.25, -0.2) is 0 Å². The summed E-state index contributed by atoms with van der Waals surface area (Å²) in [5.41, 5.74) is 3.16. The highest BCUT2D eigenvalue weighted by molar-refractivity contribution is 6.05. The first kappa shape index (κ1) is 16.9. The van der Waals surface area contributed by atoms with Crippen molar-refractivity contribution in [1.82, 2.24) is 5.32 Å². The average molecular weight is 379 g/mol. The molecule has 1 fully saturated rings. The summed E-state index contributed by atoms with van der Waals surface area (Å²) in [6.45, 7) is 1.48. The third-order valence-corrected chi connectivity index (χ3v) is 5.52. The Morgan fingerprint density at radius 2 is 2.04 bits per heavy atom. The number of piperidine rings is 1. The number of nitrogens with zero attached hydrogens (tertiary/aromatic N) is 1. The zero-order valence-electron chi connectivity index (χ0n) is 15.4. The van der Waals surface area contributed by atoms with E-state index in [1.807, 2.05) is 30.3 Å². The van der Waals surface area contributed by atoms with Crippen LogP contribution >= 0.6 is 0 Å². The Labute approximate surface area is 162 Å². The molecule has 2 amide bonds. The fourth-order valence-electron chi connectivity index (χ4n) is 4.07. The van der Waals surface area contributed by atoms with Gasteiger partial charge in [-0.05, 0) is 55.2 Å². The molecule has 0 unspecified atom stereocenters. The SMILES string of the molecule is O=C(NCc1ccc2c(c1)OCO2)c1ccc2c(c1)NC(=O)[C@@H]1CCCCN21. The molecule has 0 spiro atoms. The van der Waals surface area contributed by atoms with Crippen molar-refractivity contribution < 1.29 is 19.1 Å². The van der Waals surface area contributed by atoms with E-state index >= 15 is 0 Å². The van der Waals surface area contributed by atoms with Gasteiger partial charge in [-0.3, -0.25) is 9.59 Å². The third kappa shape index (κ3) is 2.93. The van der Waals surface area contributed by atoms with E-state index in [2.05, 4.69) is 15.5 Å². The Morgan fingerprint density at radius 1 is 1.14 bits per heavy atom. The summed E-state index contributed by atoms with van der Waals surface area (Å²) in [7, 11) is 0. The van der Waals surface area contributed by atoms with Crippen LogP contribution in [0.5, 0.6) is 11.5 Å². The summed E-state index contributed by atoms with van der Waals surface area (Å²) in [4.78, 5) is 27.2. The minimum atomic E-state index is -0.185. The van der Waals surface area contributed by atoms with Crippen LogP contribution in [-0.2, 0) is 11.3 Å². The van der Waals surface area contributed by atoms with Gasteiger partial charge in [0.15, 0.2) is 11.5 Å². The molecule has 7 nitrogen and oxygen atoms in total. The summed E-state index contributed by atoms with van der Waals surface area (Å²) < 4.78 is 10.7. The molecule has 5 rings (SSSR count). The molecule has 0 saturated carbocycles. The number of amides is 2. The van der Waals surface area contributed by atoms with Gasteiger partial charge in [-0.15, -0.1) is 0 Å². The molecule has 0 bridgehead atoms. The van der Waals surface area contributed by atoms with Crippen LogP contribution in [0.1, 0.15) is 35.2 Å². The molecule has 144 valence electrons. The molecular weight excluding hydrogens is 358 g/mol. The number of ether oxygens (including phenoxy) is 2. The van der Waals surface area contributed by atoms with Gasteiger partial charge in [-0.2, -0.15) is 0 Å². The monoisotopic (exact) mass is 379 g/mol. The maximum absolute atomic E-state index is 12.6. The molecule has 28 heavy (non-hydrogen) atoms. The number of hydrogen-bond donors (Lipinski definition) is 2. The Balaban J connectivity index is 1.31. The lowest BCUT2D eigenvalue weighted by Crippen LogP contribution is -2.50. The normalized spacial score (nSPS) is 19.5. The number of benzene rings is 2. The van der Waals surface area contributed by atoms with Crippen LogP contribution in [0.15, 0.2) is 36.4 Å². The Kier molecular flexibility index (Phi) is 4.07. The molecule has 0 aromatic heterocycles. The molecule has 0 radical (unpaired) electrons. The number of carbonyl (C=O) groups excluding carboxylic acids is 2. The quantitative estimate of drug-likeness (QED) is 0.857. The molecule has 2 aromatic rings. The first-order valence-corrected chi connectivity index (χ1v) is 9.57. The van der Waals surface area contributed by atoms with E-state index in [-0.39, 0.29) is 24.6 Å². The van der Waals surface area contributed by atoms with Gasteiger partial charge in [0, 0.05) is 18.7 Å². The van der Waals surface area contributed by atoms with E-state index in [0.717, 1.165) is 42.8 Å². The number of hydrogen-bond acceptors (Lipinski definition) is 5. The topological polar surface area (TPSA) is 79.9 Å². The molecule has 7 heteroatoms. The lowest BCUT2D eigenvalue weighted by Gasteiger charge is -2.41. The van der Waals surface area contributed by atoms with Crippen molar-refractivity contribution in [2.75, 3.05) is 23.6 Å². The van der Waals surface area contributed by atoms with Crippen molar-refractivity contribution in [3.8, 4) is 11.5 Å². The van der Waals surface area contributed by atoms with Crippen molar-refractivity contribution in [2.45, 2.75) is 31.8 Å². The summed E-state index contributed by atoms with van der Waals surface area (Å²) in [6.07, 6.45) is 3.04. The predicted octanol–water partition coefficient (Wildman–Crippen LogP) is 2.66. The fourth-order valence-corrected chi connectivity index (χ4v) is 4.07. The zero-order chi connectivity index (χ0) is 19.1. The van der Waals surface area contributed by atoms with Crippen molar-refractivity contribution in [3.05, 3.63) is 47.5 Å². The van der Waals surface area contributed by atoms with Crippen molar-refractivity contribution in [2.24, 2.45) is 0 Å². The van der Waals surface area contributed by atoms with Crippen molar-refractivity contribution >= 4 is 23.2 Å². The average Bonchev–Trinajstić information content (AvgIpc) is 3.20. The molecule has 1 saturated heterocycles. The Hall–Kier alpha value is -3.22. The summed E-state index contributed by atoms with van der Waals surface area (Å²) in [5.74, 6) is 1.25. The van der Waals surface area contributed by atoms with Crippen molar-refractivity contribution in [3.63, 3.8) is 0 Å². The minimum Gasteiger partial charge on any atom is -0.454 e. The zero-order valence-corrected chi connectivity index (χ0v) is 15.4. The van der Waals surface area contributed by atoms with Crippen LogP contribution in [-0.4, -0.2) is 31.2 Å². The van der Waals surface area contributed by atoms with E-state index in [1.165, 1.54) is 0 Å². The highest BCUT2D eigenvalue weighted by atomic mass is 16.7. The molecule has 3 heterocycles. The summed E-state index contributed by atoms with van der Waals surface area (Å²) in [6, 6.07) is 11.0. The number of fused-ring (bicyclic) bond motifs is 4. The van der Waals surface area contributed by atoms with Crippen molar-refractivity contribution in [1.29, 1.82) is 0 Å². The maximum atomic E-state index is 12.6. The number of nitrogens with one attached hydrogen (secondary N) is 2. The van der Waals surface area contributed by atoms with Crippen LogP contribution in [0, 0.1) is 0 Å². The van der Waals surface area contributed by atoms with Crippen LogP contribution < -0.4 is 25.0 Å². The molecule has 3 aliphatic rings. The number of rotatable bonds is 3. The third-order valence-electron chi connectivity index (χ3n) is 5.52. The largest absolute Gasteiger partial charge is 0.454 e. The van der Waals surface area contributed by atoms with Gasteiger partial charge in [0.2, 0.25) is 12.7 Å². The first-order chi connectivity index (χ1) is 13.7. The molecule has 3 aliphatic heterocycles. The Bertz CT molecular complexity index is 959. The van der Waals surface area contributed by atoms with Gasteiger partial charge in [0.05, 0.1) is 11.4 Å².